The molecule has 1 fully saturated rings. The van der Waals surface area contributed by atoms with Crippen LogP contribution in [0.15, 0.2) is 6.07 Å². The van der Waals surface area contributed by atoms with Gasteiger partial charge in [0.15, 0.2) is 0 Å². The fraction of sp³-hybridized carbons (Fsp3) is 0.786. The number of nitrogens with one attached hydrogen (secondary N) is 1. The molecule has 1 aliphatic carbocycles. The van der Waals surface area contributed by atoms with E-state index in [0.29, 0.717) is 12.1 Å². The van der Waals surface area contributed by atoms with E-state index in [1.54, 1.807) is 0 Å². The van der Waals surface area contributed by atoms with E-state index in [9.17, 15) is 0 Å². The molecule has 2 rings (SSSR count). The van der Waals surface area contributed by atoms with Gasteiger partial charge in [-0.2, -0.15) is 5.10 Å². The molecule has 1 saturated carbocycles. The van der Waals surface area contributed by atoms with Crippen LogP contribution in [0.5, 0.6) is 0 Å². The van der Waals surface area contributed by atoms with Crippen LogP contribution >= 0.6 is 0 Å². The van der Waals surface area contributed by atoms with E-state index in [1.807, 2.05) is 0 Å². The zero-order chi connectivity index (χ0) is 12.3. The summed E-state index contributed by atoms with van der Waals surface area (Å²) in [6, 6.07) is 3.48. The van der Waals surface area contributed by atoms with Gasteiger partial charge in [-0.3, -0.25) is 4.68 Å². The first-order valence-corrected chi connectivity index (χ1v) is 6.97. The molecule has 0 amide bonds. The summed E-state index contributed by atoms with van der Waals surface area (Å²) in [5.74, 6) is 0. The first-order chi connectivity index (χ1) is 8.20. The van der Waals surface area contributed by atoms with E-state index in [-0.39, 0.29) is 0 Å². The van der Waals surface area contributed by atoms with E-state index in [0.717, 1.165) is 12.2 Å². The lowest BCUT2D eigenvalue weighted by Gasteiger charge is -2.30. The molecule has 0 saturated heterocycles. The lowest BCUT2D eigenvalue weighted by atomic mass is 9.91. The van der Waals surface area contributed by atoms with Crippen molar-refractivity contribution in [3.05, 3.63) is 17.5 Å². The van der Waals surface area contributed by atoms with Crippen LogP contribution in [0.25, 0.3) is 0 Å². The van der Waals surface area contributed by atoms with Gasteiger partial charge < -0.3 is 5.32 Å². The minimum Gasteiger partial charge on any atom is -0.314 e. The Balaban J connectivity index is 1.99. The van der Waals surface area contributed by atoms with Crippen LogP contribution in [0.3, 0.4) is 0 Å². The number of aromatic nitrogens is 2. The Morgan fingerprint density at radius 1 is 1.41 bits per heavy atom. The fourth-order valence-electron chi connectivity index (χ4n) is 2.94. The highest BCUT2D eigenvalue weighted by Crippen LogP contribution is 2.29. The quantitative estimate of drug-likeness (QED) is 0.869. The van der Waals surface area contributed by atoms with Crippen molar-refractivity contribution in [1.29, 1.82) is 0 Å². The van der Waals surface area contributed by atoms with Gasteiger partial charge in [-0.1, -0.05) is 6.92 Å². The van der Waals surface area contributed by atoms with Crippen LogP contribution < -0.4 is 5.32 Å². The first kappa shape index (κ1) is 12.6. The molecule has 0 aromatic carbocycles. The van der Waals surface area contributed by atoms with Crippen LogP contribution in [0.2, 0.25) is 0 Å². The topological polar surface area (TPSA) is 29.9 Å². The van der Waals surface area contributed by atoms with Gasteiger partial charge in [-0.15, -0.1) is 0 Å². The Kier molecular flexibility index (Phi) is 4.21. The number of nitrogens with zero attached hydrogens (tertiary/aromatic N) is 2. The zero-order valence-corrected chi connectivity index (χ0v) is 11.4. The second-order valence-electron chi connectivity index (χ2n) is 5.34. The summed E-state index contributed by atoms with van der Waals surface area (Å²) in [6.07, 6.45) is 6.40. The summed E-state index contributed by atoms with van der Waals surface area (Å²) in [5, 5.41) is 8.29. The average molecular weight is 235 g/mol. The molecule has 17 heavy (non-hydrogen) atoms. The number of hydrogen-bond acceptors (Lipinski definition) is 2. The van der Waals surface area contributed by atoms with E-state index in [2.05, 4.69) is 41.9 Å². The second-order valence-corrected chi connectivity index (χ2v) is 5.34. The van der Waals surface area contributed by atoms with Gasteiger partial charge in [0.1, 0.15) is 0 Å². The molecule has 1 heterocycles. The summed E-state index contributed by atoms with van der Waals surface area (Å²) in [4.78, 5) is 0. The summed E-state index contributed by atoms with van der Waals surface area (Å²) < 4.78 is 2.25. The predicted octanol–water partition coefficient (Wildman–Crippen LogP) is 2.98. The Labute approximate surface area is 105 Å². The molecule has 3 nitrogen and oxygen atoms in total. The minimum absolute atomic E-state index is 0.604. The van der Waals surface area contributed by atoms with Gasteiger partial charge in [0.2, 0.25) is 0 Å². The van der Waals surface area contributed by atoms with Crippen LogP contribution in [0, 0.1) is 13.8 Å². The molecular formula is C14H25N3. The molecule has 1 aromatic rings. The summed E-state index contributed by atoms with van der Waals surface area (Å²) >= 11 is 0. The number of aryl methyl sites for hydroxylation is 2. The normalized spacial score (nSPS) is 25.1. The Morgan fingerprint density at radius 3 is 2.88 bits per heavy atom. The third-order valence-corrected chi connectivity index (χ3v) is 3.72. The van der Waals surface area contributed by atoms with Gasteiger partial charge in [0, 0.05) is 11.7 Å². The van der Waals surface area contributed by atoms with Crippen LogP contribution in [0.1, 0.15) is 56.5 Å². The van der Waals surface area contributed by atoms with Crippen molar-refractivity contribution in [2.75, 3.05) is 6.54 Å². The monoisotopic (exact) mass is 235 g/mol. The SMILES string of the molecule is CCCNC1CCCC(n2nc(C)cc2C)C1. The lowest BCUT2D eigenvalue weighted by molar-refractivity contribution is 0.267. The highest BCUT2D eigenvalue weighted by atomic mass is 15.3. The molecule has 0 aliphatic heterocycles. The summed E-state index contributed by atoms with van der Waals surface area (Å²) in [7, 11) is 0. The number of rotatable bonds is 4. The van der Waals surface area contributed by atoms with Gasteiger partial charge in [-0.25, -0.2) is 0 Å². The zero-order valence-electron chi connectivity index (χ0n) is 11.4. The van der Waals surface area contributed by atoms with Crippen molar-refractivity contribution in [2.24, 2.45) is 0 Å². The van der Waals surface area contributed by atoms with Gasteiger partial charge in [-0.05, 0) is 58.6 Å². The smallest absolute Gasteiger partial charge is 0.0596 e. The number of hydrogen-bond donors (Lipinski definition) is 1. The van der Waals surface area contributed by atoms with Gasteiger partial charge in [0.25, 0.3) is 0 Å². The Morgan fingerprint density at radius 2 is 2.24 bits per heavy atom. The average Bonchev–Trinajstić information content (AvgIpc) is 2.66. The van der Waals surface area contributed by atoms with E-state index in [4.69, 9.17) is 0 Å². The predicted molar refractivity (Wildman–Crippen MR) is 71.3 cm³/mol. The highest BCUT2D eigenvalue weighted by Gasteiger charge is 2.24. The molecule has 2 atom stereocenters. The maximum Gasteiger partial charge on any atom is 0.0596 e. The lowest BCUT2D eigenvalue weighted by Crippen LogP contribution is -2.35. The van der Waals surface area contributed by atoms with Gasteiger partial charge in [0.05, 0.1) is 11.7 Å². The highest BCUT2D eigenvalue weighted by molar-refractivity contribution is 5.08. The Hall–Kier alpha value is -0.830. The van der Waals surface area contributed by atoms with E-state index < -0.39 is 0 Å². The third kappa shape index (κ3) is 3.09. The van der Waals surface area contributed by atoms with Crippen molar-refractivity contribution in [1.82, 2.24) is 15.1 Å². The maximum atomic E-state index is 4.64. The molecule has 1 aliphatic rings. The van der Waals surface area contributed by atoms with Gasteiger partial charge >= 0.3 is 0 Å². The minimum atomic E-state index is 0.604. The summed E-state index contributed by atoms with van der Waals surface area (Å²) in [5.41, 5.74) is 2.45. The molecule has 96 valence electrons. The molecule has 3 heteroatoms. The second kappa shape index (κ2) is 5.67. The first-order valence-electron chi connectivity index (χ1n) is 6.97. The van der Waals surface area contributed by atoms with Crippen molar-refractivity contribution in [2.45, 2.75) is 65.0 Å². The van der Waals surface area contributed by atoms with Crippen molar-refractivity contribution in [3.8, 4) is 0 Å². The molecule has 0 radical (unpaired) electrons. The largest absolute Gasteiger partial charge is 0.314 e. The van der Waals surface area contributed by atoms with Crippen molar-refractivity contribution < 1.29 is 0 Å². The molecular weight excluding hydrogens is 210 g/mol. The van der Waals surface area contributed by atoms with Crippen LogP contribution in [0.4, 0.5) is 0 Å². The molecule has 0 bridgehead atoms. The van der Waals surface area contributed by atoms with Crippen LogP contribution in [-0.4, -0.2) is 22.4 Å². The standard InChI is InChI=1S/C14H25N3/c1-4-8-15-13-6-5-7-14(10-13)17-12(3)9-11(2)16-17/h9,13-15H,4-8,10H2,1-3H3. The molecule has 2 unspecified atom stereocenters. The summed E-state index contributed by atoms with van der Waals surface area (Å²) in [6.45, 7) is 7.63. The molecule has 0 spiro atoms. The molecule has 1 N–H and O–H groups in total. The Bertz CT molecular complexity index is 356. The third-order valence-electron chi connectivity index (χ3n) is 3.72. The van der Waals surface area contributed by atoms with E-state index in [1.165, 1.54) is 37.8 Å². The van der Waals surface area contributed by atoms with Crippen LogP contribution in [-0.2, 0) is 0 Å². The van der Waals surface area contributed by atoms with Crippen molar-refractivity contribution >= 4 is 0 Å². The molecule has 1 aromatic heterocycles. The maximum absolute atomic E-state index is 4.64. The van der Waals surface area contributed by atoms with E-state index >= 15 is 0 Å². The van der Waals surface area contributed by atoms with Crippen molar-refractivity contribution in [3.63, 3.8) is 0 Å². The fourth-order valence-corrected chi connectivity index (χ4v) is 2.94.